The Hall–Kier alpha value is -3.57. The van der Waals surface area contributed by atoms with Crippen LogP contribution in [0, 0.1) is 0 Å². The smallest absolute Gasteiger partial charge is 0.330 e. The molecule has 3 aliphatic heterocycles. The quantitative estimate of drug-likeness (QED) is 0.0770. The molecule has 2 aromatic carbocycles. The number of rotatable bonds is 13. The first-order valence-electron chi connectivity index (χ1n) is 17.1. The summed E-state index contributed by atoms with van der Waals surface area (Å²) in [5.41, 5.74) is 1.32. The molecule has 18 nitrogen and oxygen atoms in total. The Kier molecular flexibility index (Phi) is 14.5. The normalized spacial score (nSPS) is 37.5. The third-order valence-corrected chi connectivity index (χ3v) is 9.10. The number of aliphatic hydroxyl groups excluding tert-OH is 8. The minimum atomic E-state index is -1.90. The maximum atomic E-state index is 12.5. The van der Waals surface area contributed by atoms with Crippen LogP contribution in [0.2, 0.25) is 0 Å². The van der Waals surface area contributed by atoms with Gasteiger partial charge in [-0.2, -0.15) is 0 Å². The van der Waals surface area contributed by atoms with E-state index in [9.17, 15) is 55.9 Å². The number of phenols is 2. The zero-order valence-corrected chi connectivity index (χ0v) is 28.9. The Balaban J connectivity index is 1.26. The lowest BCUT2D eigenvalue weighted by atomic mass is 9.96. The fourth-order valence-electron chi connectivity index (χ4n) is 6.02. The Morgan fingerprint density at radius 1 is 0.648 bits per heavy atom. The van der Waals surface area contributed by atoms with Gasteiger partial charge in [0.15, 0.2) is 18.9 Å². The van der Waals surface area contributed by atoms with Crippen molar-refractivity contribution in [2.75, 3.05) is 19.8 Å². The molecule has 0 spiro atoms. The fourth-order valence-corrected chi connectivity index (χ4v) is 6.02. The van der Waals surface area contributed by atoms with Gasteiger partial charge in [-0.1, -0.05) is 36.4 Å². The average Bonchev–Trinajstić information content (AvgIpc) is 3.16. The second-order valence-corrected chi connectivity index (χ2v) is 13.0. The Bertz CT molecular complexity index is 1540. The second kappa shape index (κ2) is 18.8. The van der Waals surface area contributed by atoms with E-state index >= 15 is 0 Å². The van der Waals surface area contributed by atoms with Gasteiger partial charge in [0.1, 0.15) is 85.2 Å². The molecule has 5 rings (SSSR count). The van der Waals surface area contributed by atoms with Crippen molar-refractivity contribution in [3.8, 4) is 11.5 Å². The van der Waals surface area contributed by atoms with E-state index in [-0.39, 0.29) is 18.1 Å². The van der Waals surface area contributed by atoms with E-state index < -0.39 is 111 Å². The summed E-state index contributed by atoms with van der Waals surface area (Å²) in [6, 6.07) is 12.3. The highest BCUT2D eigenvalue weighted by atomic mass is 16.8. The van der Waals surface area contributed by atoms with Crippen LogP contribution in [0.25, 0.3) is 12.2 Å². The van der Waals surface area contributed by atoms with Crippen LogP contribution in [0.5, 0.6) is 11.5 Å². The van der Waals surface area contributed by atoms with Crippen molar-refractivity contribution >= 4 is 18.1 Å². The maximum absolute atomic E-state index is 12.5. The summed E-state index contributed by atoms with van der Waals surface area (Å²) in [6.07, 6.45) is -18.2. The van der Waals surface area contributed by atoms with E-state index in [1.54, 1.807) is 36.4 Å². The summed E-state index contributed by atoms with van der Waals surface area (Å²) in [4.78, 5) is 12.5. The number of phenolic OH excluding ortho intramolecular Hbond substituents is 2. The van der Waals surface area contributed by atoms with Gasteiger partial charge in [0.2, 0.25) is 0 Å². The third-order valence-electron chi connectivity index (χ3n) is 9.10. The molecule has 18 heteroatoms. The largest absolute Gasteiger partial charge is 0.508 e. The SMILES string of the molecule is C[C@@H]1O[C@@H](O[C@@H]2[C@@H](O)[C@H](OC/C=C/c3ccc(O)cc3)O[C@H](COC(=O)/C=C/c3ccc(O)cc3)[C@H]2O)[C@H](O)[C@H](O)[C@H]1O[C@@H]1O[C@H](CO)[C@@H](O)[C@H](O)[C@H]1O. The molecule has 0 radical (unpaired) electrons. The lowest BCUT2D eigenvalue weighted by Gasteiger charge is -2.47. The summed E-state index contributed by atoms with van der Waals surface area (Å²) < 4.78 is 39.4. The second-order valence-electron chi connectivity index (χ2n) is 13.0. The molecule has 3 heterocycles. The predicted molar refractivity (Wildman–Crippen MR) is 182 cm³/mol. The number of hydrogen-bond acceptors (Lipinski definition) is 18. The van der Waals surface area contributed by atoms with Crippen LogP contribution in [0.1, 0.15) is 18.1 Å². The molecular weight excluding hydrogens is 720 g/mol. The van der Waals surface area contributed by atoms with Crippen LogP contribution in [-0.2, 0) is 38.0 Å². The number of esters is 1. The molecule has 54 heavy (non-hydrogen) atoms. The topological polar surface area (TPSA) is 284 Å². The van der Waals surface area contributed by atoms with Crippen LogP contribution in [-0.4, -0.2) is 169 Å². The van der Waals surface area contributed by atoms with E-state index in [0.29, 0.717) is 5.56 Å². The number of carbonyl (C=O) groups excluding carboxylic acids is 1. The predicted octanol–water partition coefficient (Wildman–Crippen LogP) is -2.13. The summed E-state index contributed by atoms with van der Waals surface area (Å²) in [6.45, 7) is 0.0200. The van der Waals surface area contributed by atoms with E-state index in [1.165, 1.54) is 37.3 Å². The van der Waals surface area contributed by atoms with Gasteiger partial charge in [-0.05, 0) is 48.4 Å². The number of aliphatic hydroxyl groups is 8. The summed E-state index contributed by atoms with van der Waals surface area (Å²) in [5.74, 6) is -0.689. The van der Waals surface area contributed by atoms with Gasteiger partial charge < -0.3 is 84.2 Å². The van der Waals surface area contributed by atoms with Crippen molar-refractivity contribution < 1.29 is 89.0 Å². The summed E-state index contributed by atoms with van der Waals surface area (Å²) in [5, 5.41) is 104. The highest BCUT2D eigenvalue weighted by Crippen LogP contribution is 2.33. The number of ether oxygens (including phenoxy) is 7. The van der Waals surface area contributed by atoms with Crippen LogP contribution < -0.4 is 0 Å². The lowest BCUT2D eigenvalue weighted by molar-refractivity contribution is -0.376. The van der Waals surface area contributed by atoms with Crippen molar-refractivity contribution in [2.24, 2.45) is 0 Å². The molecule has 0 bridgehead atoms. The van der Waals surface area contributed by atoms with Crippen molar-refractivity contribution in [1.29, 1.82) is 0 Å². The van der Waals surface area contributed by atoms with Gasteiger partial charge in [0.05, 0.1) is 19.3 Å². The van der Waals surface area contributed by atoms with Crippen LogP contribution in [0.3, 0.4) is 0 Å². The molecule has 10 N–H and O–H groups in total. The van der Waals surface area contributed by atoms with Gasteiger partial charge in [-0.3, -0.25) is 0 Å². The number of benzene rings is 2. The van der Waals surface area contributed by atoms with Gasteiger partial charge in [0.25, 0.3) is 0 Å². The minimum absolute atomic E-state index is 0.0427. The molecule has 15 atom stereocenters. The van der Waals surface area contributed by atoms with Crippen LogP contribution in [0.4, 0.5) is 0 Å². The van der Waals surface area contributed by atoms with E-state index in [1.807, 2.05) is 0 Å². The molecule has 3 fully saturated rings. The molecule has 0 unspecified atom stereocenters. The molecule has 2 aromatic rings. The van der Waals surface area contributed by atoms with Crippen molar-refractivity contribution in [2.45, 2.75) is 99.0 Å². The fraction of sp³-hybridized carbons (Fsp3) is 0.528. The number of aromatic hydroxyl groups is 2. The summed E-state index contributed by atoms with van der Waals surface area (Å²) >= 11 is 0. The Labute approximate surface area is 309 Å². The van der Waals surface area contributed by atoms with Gasteiger partial charge >= 0.3 is 5.97 Å². The lowest BCUT2D eigenvalue weighted by Crippen LogP contribution is -2.66. The number of carbonyl (C=O) groups is 1. The highest BCUT2D eigenvalue weighted by Gasteiger charge is 2.53. The molecule has 0 saturated carbocycles. The number of hydrogen-bond donors (Lipinski definition) is 10. The maximum Gasteiger partial charge on any atom is 0.330 e. The van der Waals surface area contributed by atoms with Crippen molar-refractivity contribution in [1.82, 2.24) is 0 Å². The van der Waals surface area contributed by atoms with Crippen molar-refractivity contribution in [3.63, 3.8) is 0 Å². The molecule has 3 aliphatic rings. The molecule has 298 valence electrons. The average molecular weight is 767 g/mol. The van der Waals surface area contributed by atoms with Gasteiger partial charge in [-0.15, -0.1) is 0 Å². The molecule has 3 saturated heterocycles. The zero-order valence-electron chi connectivity index (χ0n) is 28.9. The van der Waals surface area contributed by atoms with Crippen LogP contribution >= 0.6 is 0 Å². The summed E-state index contributed by atoms with van der Waals surface area (Å²) in [7, 11) is 0. The minimum Gasteiger partial charge on any atom is -0.508 e. The third kappa shape index (κ3) is 10.2. The highest BCUT2D eigenvalue weighted by molar-refractivity contribution is 5.87. The zero-order chi connectivity index (χ0) is 39.1. The molecule has 0 aromatic heterocycles. The monoisotopic (exact) mass is 766 g/mol. The molecule has 0 aliphatic carbocycles. The standard InChI is InChI=1S/C36H46O18/c1-17-32(53-36-29(45)27(43)25(41)22(15-37)51-36)28(44)30(46)35(50-17)54-33-26(42)23(16-49-24(40)13-8-19-6-11-21(39)12-7-19)52-34(31(33)47)48-14-2-3-18-4-9-20(38)10-5-18/h2-13,17,22-23,25-39,41-47H,14-16H2,1H3/b3-2+,13-8+/t17-,22+,23+,25+,26+,27-,28-,29+,30+,31+,32-,33-,34+,35-,36-/m0/s1. The van der Waals surface area contributed by atoms with Crippen molar-refractivity contribution in [3.05, 3.63) is 71.8 Å². The van der Waals surface area contributed by atoms with Crippen LogP contribution in [0.15, 0.2) is 60.7 Å². The molecular formula is C36H46O18. The first kappa shape index (κ1) is 41.6. The Morgan fingerprint density at radius 3 is 1.83 bits per heavy atom. The van der Waals surface area contributed by atoms with Gasteiger partial charge in [-0.25, -0.2) is 4.79 Å². The Morgan fingerprint density at radius 2 is 1.20 bits per heavy atom. The van der Waals surface area contributed by atoms with E-state index in [0.717, 1.165) is 11.6 Å². The first-order chi connectivity index (χ1) is 25.8. The van der Waals surface area contributed by atoms with E-state index in [4.69, 9.17) is 33.2 Å². The first-order valence-corrected chi connectivity index (χ1v) is 17.1. The van der Waals surface area contributed by atoms with Gasteiger partial charge in [0, 0.05) is 6.08 Å². The van der Waals surface area contributed by atoms with E-state index in [2.05, 4.69) is 0 Å². The molecule has 0 amide bonds.